The number of aromatic amines is 1. The topological polar surface area (TPSA) is 108 Å². The van der Waals surface area contributed by atoms with E-state index in [1.54, 1.807) is 37.7 Å². The molecule has 31 heavy (non-hydrogen) atoms. The molecule has 1 aliphatic rings. The molecule has 0 fully saturated rings. The zero-order chi connectivity index (χ0) is 21.8. The molecule has 160 valence electrons. The molecule has 0 bridgehead atoms. The summed E-state index contributed by atoms with van der Waals surface area (Å²) in [5.74, 6) is -0.248. The van der Waals surface area contributed by atoms with Gasteiger partial charge in [0.1, 0.15) is 5.75 Å². The number of benzene rings is 2. The molecule has 0 radical (unpaired) electrons. The van der Waals surface area contributed by atoms with Crippen LogP contribution < -0.4 is 10.1 Å². The van der Waals surface area contributed by atoms with Crippen molar-refractivity contribution >= 4 is 11.9 Å². The van der Waals surface area contributed by atoms with Crippen molar-refractivity contribution < 1.29 is 19.4 Å². The zero-order valence-electron chi connectivity index (χ0n) is 17.2. The first-order valence-corrected chi connectivity index (χ1v) is 10.0. The smallest absolute Gasteiger partial charge is 0.335 e. The van der Waals surface area contributed by atoms with Gasteiger partial charge in [0.05, 0.1) is 36.4 Å². The number of hydrogen-bond acceptors (Lipinski definition) is 5. The minimum absolute atomic E-state index is 0.0633. The van der Waals surface area contributed by atoms with E-state index in [1.165, 1.54) is 0 Å². The quantitative estimate of drug-likeness (QED) is 0.542. The van der Waals surface area contributed by atoms with Crippen molar-refractivity contribution in [3.05, 3.63) is 82.9 Å². The summed E-state index contributed by atoms with van der Waals surface area (Å²) >= 11 is 0. The van der Waals surface area contributed by atoms with E-state index in [1.807, 2.05) is 24.3 Å². The zero-order valence-corrected chi connectivity index (χ0v) is 17.2. The van der Waals surface area contributed by atoms with Crippen LogP contribution >= 0.6 is 0 Å². The molecule has 3 aromatic rings. The van der Waals surface area contributed by atoms with E-state index in [0.717, 1.165) is 28.3 Å². The number of aromatic nitrogens is 2. The predicted octanol–water partition coefficient (Wildman–Crippen LogP) is 2.36. The fourth-order valence-corrected chi connectivity index (χ4v) is 3.75. The molecule has 0 aliphatic carbocycles. The standard InChI is InChI=1S/C23H24N4O4/c1-31-18-8-4-15(5-9-18)11-24-22(28)21-10-19-20(26-14-25-19)13-27(21)12-16-2-6-17(7-3-16)23(29)30/h2-9,14,21H,10-13H2,1H3,(H,24,28)(H,25,26)(H,29,30). The molecule has 4 rings (SSSR count). The third kappa shape index (κ3) is 4.75. The Morgan fingerprint density at radius 2 is 1.87 bits per heavy atom. The van der Waals surface area contributed by atoms with Crippen molar-refractivity contribution in [1.29, 1.82) is 0 Å². The number of carboxylic acids is 1. The van der Waals surface area contributed by atoms with Gasteiger partial charge in [-0.25, -0.2) is 9.78 Å². The Balaban J connectivity index is 1.47. The van der Waals surface area contributed by atoms with Crippen LogP contribution in [0, 0.1) is 0 Å². The average molecular weight is 420 g/mol. The van der Waals surface area contributed by atoms with Gasteiger partial charge in [0.15, 0.2) is 0 Å². The molecular weight excluding hydrogens is 396 g/mol. The first-order chi connectivity index (χ1) is 15.0. The molecule has 2 aromatic carbocycles. The van der Waals surface area contributed by atoms with Crippen molar-refractivity contribution in [3.63, 3.8) is 0 Å². The van der Waals surface area contributed by atoms with E-state index in [-0.39, 0.29) is 17.5 Å². The predicted molar refractivity (Wildman–Crippen MR) is 114 cm³/mol. The lowest BCUT2D eigenvalue weighted by molar-refractivity contribution is -0.127. The van der Waals surface area contributed by atoms with Gasteiger partial charge >= 0.3 is 5.97 Å². The Kier molecular flexibility index (Phi) is 5.99. The van der Waals surface area contributed by atoms with Crippen molar-refractivity contribution in [2.24, 2.45) is 0 Å². The molecule has 0 spiro atoms. The monoisotopic (exact) mass is 420 g/mol. The molecule has 8 heteroatoms. The molecule has 3 N–H and O–H groups in total. The molecule has 0 saturated carbocycles. The molecule has 1 aliphatic heterocycles. The van der Waals surface area contributed by atoms with Crippen molar-refractivity contribution in [2.75, 3.05) is 7.11 Å². The maximum atomic E-state index is 13.1. The fraction of sp³-hybridized carbons (Fsp3) is 0.261. The van der Waals surface area contributed by atoms with Gasteiger partial charge in [-0.1, -0.05) is 24.3 Å². The number of aromatic carboxylic acids is 1. The molecule has 2 heterocycles. The van der Waals surface area contributed by atoms with Gasteiger partial charge in [-0.15, -0.1) is 0 Å². The van der Waals surface area contributed by atoms with Crippen molar-refractivity contribution in [1.82, 2.24) is 20.2 Å². The lowest BCUT2D eigenvalue weighted by atomic mass is 10.0. The highest BCUT2D eigenvalue weighted by Crippen LogP contribution is 2.23. The second kappa shape index (κ2) is 9.01. The van der Waals surface area contributed by atoms with Gasteiger partial charge < -0.3 is 20.1 Å². The number of H-pyrrole nitrogens is 1. The summed E-state index contributed by atoms with van der Waals surface area (Å²) in [5, 5.41) is 12.1. The Bertz CT molecular complexity index is 1060. The van der Waals surface area contributed by atoms with E-state index in [2.05, 4.69) is 20.2 Å². The van der Waals surface area contributed by atoms with E-state index < -0.39 is 5.97 Å². The van der Waals surface area contributed by atoms with Crippen LogP contribution in [0.25, 0.3) is 0 Å². The van der Waals surface area contributed by atoms with Crippen LogP contribution in [0.15, 0.2) is 54.9 Å². The molecular formula is C23H24N4O4. The van der Waals surface area contributed by atoms with Gasteiger partial charge in [0, 0.05) is 26.1 Å². The van der Waals surface area contributed by atoms with Gasteiger partial charge in [0.2, 0.25) is 5.91 Å². The second-order valence-corrected chi connectivity index (χ2v) is 7.52. The number of amides is 1. The molecule has 0 saturated heterocycles. The number of carbonyl (C=O) groups excluding carboxylic acids is 1. The summed E-state index contributed by atoms with van der Waals surface area (Å²) in [6.45, 7) is 1.52. The van der Waals surface area contributed by atoms with Crippen molar-refractivity contribution in [3.8, 4) is 5.75 Å². The van der Waals surface area contributed by atoms with Crippen LogP contribution in [-0.2, 0) is 30.8 Å². The van der Waals surface area contributed by atoms with E-state index in [9.17, 15) is 9.59 Å². The molecule has 8 nitrogen and oxygen atoms in total. The van der Waals surface area contributed by atoms with E-state index in [4.69, 9.17) is 9.84 Å². The number of rotatable bonds is 7. The second-order valence-electron chi connectivity index (χ2n) is 7.52. The number of ether oxygens (including phenoxy) is 1. The molecule has 1 amide bonds. The Morgan fingerprint density at radius 1 is 1.16 bits per heavy atom. The van der Waals surface area contributed by atoms with E-state index >= 15 is 0 Å². The van der Waals surface area contributed by atoms with E-state index in [0.29, 0.717) is 26.1 Å². The van der Waals surface area contributed by atoms with Gasteiger partial charge in [-0.2, -0.15) is 0 Å². The highest BCUT2D eigenvalue weighted by Gasteiger charge is 2.32. The van der Waals surface area contributed by atoms with Crippen LogP contribution in [0.3, 0.4) is 0 Å². The minimum atomic E-state index is -0.956. The third-order valence-electron chi connectivity index (χ3n) is 5.51. The Hall–Kier alpha value is -3.65. The van der Waals surface area contributed by atoms with Gasteiger partial charge in [-0.05, 0) is 35.4 Å². The number of carboxylic acid groups (broad SMARTS) is 1. The highest BCUT2D eigenvalue weighted by atomic mass is 16.5. The maximum absolute atomic E-state index is 13.1. The summed E-state index contributed by atoms with van der Waals surface area (Å²) < 4.78 is 5.17. The first-order valence-electron chi connectivity index (χ1n) is 10.0. The van der Waals surface area contributed by atoms with Crippen LogP contribution in [0.4, 0.5) is 0 Å². The van der Waals surface area contributed by atoms with Gasteiger partial charge in [-0.3, -0.25) is 9.69 Å². The third-order valence-corrected chi connectivity index (χ3v) is 5.51. The lowest BCUT2D eigenvalue weighted by Crippen LogP contribution is -2.49. The van der Waals surface area contributed by atoms with Crippen LogP contribution in [0.2, 0.25) is 0 Å². The Morgan fingerprint density at radius 3 is 2.55 bits per heavy atom. The normalized spacial score (nSPS) is 15.8. The van der Waals surface area contributed by atoms with Gasteiger partial charge in [0.25, 0.3) is 0 Å². The summed E-state index contributed by atoms with van der Waals surface area (Å²) in [4.78, 5) is 33.8. The summed E-state index contributed by atoms with van der Waals surface area (Å²) in [7, 11) is 1.62. The lowest BCUT2D eigenvalue weighted by Gasteiger charge is -2.34. The number of methoxy groups -OCH3 is 1. The number of imidazole rings is 1. The maximum Gasteiger partial charge on any atom is 0.335 e. The number of fused-ring (bicyclic) bond motifs is 1. The fourth-order valence-electron chi connectivity index (χ4n) is 3.75. The largest absolute Gasteiger partial charge is 0.497 e. The highest BCUT2D eigenvalue weighted by molar-refractivity contribution is 5.87. The Labute approximate surface area is 179 Å². The summed E-state index contributed by atoms with van der Waals surface area (Å²) in [6.07, 6.45) is 2.17. The van der Waals surface area contributed by atoms with Crippen LogP contribution in [0.5, 0.6) is 5.75 Å². The average Bonchev–Trinajstić information content (AvgIpc) is 3.25. The number of carbonyl (C=O) groups is 2. The number of hydrogen-bond donors (Lipinski definition) is 3. The number of nitrogens with zero attached hydrogens (tertiary/aromatic N) is 2. The van der Waals surface area contributed by atoms with Crippen LogP contribution in [-0.4, -0.2) is 45.0 Å². The SMILES string of the molecule is COc1ccc(CNC(=O)C2Cc3nc[nH]c3CN2Cc2ccc(C(=O)O)cc2)cc1. The summed E-state index contributed by atoms with van der Waals surface area (Å²) in [6, 6.07) is 14.0. The minimum Gasteiger partial charge on any atom is -0.497 e. The molecule has 1 atom stereocenters. The van der Waals surface area contributed by atoms with Crippen LogP contribution in [0.1, 0.15) is 32.9 Å². The summed E-state index contributed by atoms with van der Waals surface area (Å²) in [5.41, 5.74) is 4.08. The molecule has 1 aromatic heterocycles. The molecule has 1 unspecified atom stereocenters. The number of nitrogens with one attached hydrogen (secondary N) is 2. The van der Waals surface area contributed by atoms with Crippen molar-refractivity contribution in [2.45, 2.75) is 32.1 Å². The first kappa shape index (κ1) is 20.6.